The van der Waals surface area contributed by atoms with Crippen molar-refractivity contribution in [3.8, 4) is 17.2 Å². The first-order chi connectivity index (χ1) is 12.3. The molecular formula is C16H11ClN2O6S. The molecule has 8 nitrogen and oxygen atoms in total. The molecule has 0 spiro atoms. The van der Waals surface area contributed by atoms with E-state index >= 15 is 0 Å². The van der Waals surface area contributed by atoms with Gasteiger partial charge >= 0.3 is 5.69 Å². The van der Waals surface area contributed by atoms with Crippen LogP contribution in [0.4, 0.5) is 11.4 Å². The summed E-state index contributed by atoms with van der Waals surface area (Å²) in [6.07, 6.45) is 0. The minimum absolute atomic E-state index is 0.00446. The van der Waals surface area contributed by atoms with Gasteiger partial charge in [-0.05, 0) is 30.3 Å². The van der Waals surface area contributed by atoms with Gasteiger partial charge in [0.2, 0.25) is 5.75 Å². The number of hydrogen-bond acceptors (Lipinski definition) is 7. The Hall–Kier alpha value is -3.04. The Morgan fingerprint density at radius 3 is 2.54 bits per heavy atom. The van der Waals surface area contributed by atoms with E-state index in [9.17, 15) is 25.1 Å². The first-order valence-electron chi connectivity index (χ1n) is 7.10. The molecule has 0 atom stereocenters. The van der Waals surface area contributed by atoms with Crippen LogP contribution in [-0.4, -0.2) is 28.2 Å². The number of anilines is 1. The zero-order valence-corrected chi connectivity index (χ0v) is 14.7. The lowest BCUT2D eigenvalue weighted by Gasteiger charge is -2.05. The summed E-state index contributed by atoms with van der Waals surface area (Å²) in [5, 5.41) is 33.3. The highest BCUT2D eigenvalue weighted by atomic mass is 35.5. The molecule has 0 saturated heterocycles. The molecule has 26 heavy (non-hydrogen) atoms. The van der Waals surface area contributed by atoms with Crippen LogP contribution in [0.5, 0.6) is 17.2 Å². The van der Waals surface area contributed by atoms with Crippen molar-refractivity contribution < 1.29 is 24.7 Å². The predicted octanol–water partition coefficient (Wildman–Crippen LogP) is 4.14. The second-order valence-electron chi connectivity index (χ2n) is 5.15. The first-order valence-corrected chi connectivity index (χ1v) is 8.29. The van der Waals surface area contributed by atoms with Crippen molar-refractivity contribution in [2.24, 2.45) is 0 Å². The van der Waals surface area contributed by atoms with Crippen LogP contribution in [0.3, 0.4) is 0 Å². The maximum absolute atomic E-state index is 12.5. The maximum Gasteiger partial charge on any atom is 0.332 e. The standard InChI is InChI=1S/C16H11ClN2O6S/c1-25-8-4-2-7(3-5-8)18-16(22)15-11(17)9-6-10(20)13(21)12(19(23)24)14(9)26-15/h2-6,20-21H,1H3,(H,18,22). The normalized spacial score (nSPS) is 10.7. The van der Waals surface area contributed by atoms with E-state index in [1.807, 2.05) is 0 Å². The Bertz CT molecular complexity index is 1030. The zero-order valence-electron chi connectivity index (χ0n) is 13.1. The van der Waals surface area contributed by atoms with Crippen molar-refractivity contribution in [3.63, 3.8) is 0 Å². The summed E-state index contributed by atoms with van der Waals surface area (Å²) in [6, 6.07) is 7.64. The quantitative estimate of drug-likeness (QED) is 0.347. The number of nitro benzene ring substituents is 1. The van der Waals surface area contributed by atoms with Gasteiger partial charge in [0, 0.05) is 11.1 Å². The average Bonchev–Trinajstić information content (AvgIpc) is 2.92. The molecule has 134 valence electrons. The smallest absolute Gasteiger partial charge is 0.332 e. The predicted molar refractivity (Wildman–Crippen MR) is 97.8 cm³/mol. The molecule has 3 N–H and O–H groups in total. The number of amides is 1. The Kier molecular flexibility index (Phi) is 4.58. The lowest BCUT2D eigenvalue weighted by Crippen LogP contribution is -2.10. The molecule has 2 aromatic carbocycles. The minimum atomic E-state index is -0.873. The number of phenols is 2. The van der Waals surface area contributed by atoms with Crippen molar-refractivity contribution in [2.45, 2.75) is 0 Å². The van der Waals surface area contributed by atoms with E-state index in [0.29, 0.717) is 11.4 Å². The summed E-state index contributed by atoms with van der Waals surface area (Å²) in [6.45, 7) is 0. The van der Waals surface area contributed by atoms with Gasteiger partial charge in [0.15, 0.2) is 5.75 Å². The summed E-state index contributed by atoms with van der Waals surface area (Å²) in [4.78, 5) is 22.9. The number of benzene rings is 2. The molecule has 0 saturated carbocycles. The van der Waals surface area contributed by atoms with Gasteiger partial charge in [-0.3, -0.25) is 14.9 Å². The fourth-order valence-corrected chi connectivity index (χ4v) is 3.83. The second kappa shape index (κ2) is 6.70. The van der Waals surface area contributed by atoms with Crippen LogP contribution >= 0.6 is 22.9 Å². The van der Waals surface area contributed by atoms with E-state index in [2.05, 4.69) is 5.32 Å². The van der Waals surface area contributed by atoms with E-state index in [1.165, 1.54) is 7.11 Å². The number of phenolic OH excluding ortho intramolecular Hbond substituents is 2. The van der Waals surface area contributed by atoms with Crippen LogP contribution in [0.1, 0.15) is 9.67 Å². The molecule has 1 heterocycles. The number of hydrogen-bond donors (Lipinski definition) is 3. The number of rotatable bonds is 4. The van der Waals surface area contributed by atoms with Crippen molar-refractivity contribution in [2.75, 3.05) is 12.4 Å². The lowest BCUT2D eigenvalue weighted by atomic mass is 10.2. The largest absolute Gasteiger partial charge is 0.504 e. The van der Waals surface area contributed by atoms with Gasteiger partial charge < -0.3 is 20.3 Å². The van der Waals surface area contributed by atoms with Gasteiger partial charge in [0.05, 0.1) is 17.1 Å². The fourth-order valence-electron chi connectivity index (χ4n) is 2.34. The van der Waals surface area contributed by atoms with Crippen LogP contribution < -0.4 is 10.1 Å². The number of nitro groups is 1. The number of aromatic hydroxyl groups is 2. The van der Waals surface area contributed by atoms with E-state index in [0.717, 1.165) is 17.4 Å². The van der Waals surface area contributed by atoms with Crippen molar-refractivity contribution in [1.82, 2.24) is 0 Å². The van der Waals surface area contributed by atoms with Crippen LogP contribution in [0.2, 0.25) is 5.02 Å². The topological polar surface area (TPSA) is 122 Å². The van der Waals surface area contributed by atoms with Crippen molar-refractivity contribution in [1.29, 1.82) is 0 Å². The van der Waals surface area contributed by atoms with E-state index in [1.54, 1.807) is 24.3 Å². The van der Waals surface area contributed by atoms with E-state index in [-0.39, 0.29) is 20.0 Å². The summed E-state index contributed by atoms with van der Waals surface area (Å²) in [7, 11) is 1.52. The van der Waals surface area contributed by atoms with Crippen molar-refractivity contribution in [3.05, 3.63) is 50.3 Å². The van der Waals surface area contributed by atoms with Crippen molar-refractivity contribution >= 4 is 50.3 Å². The Labute approximate surface area is 155 Å². The average molecular weight is 395 g/mol. The molecule has 1 aromatic heterocycles. The van der Waals surface area contributed by atoms with Gasteiger partial charge in [0.1, 0.15) is 15.3 Å². The Morgan fingerprint density at radius 1 is 1.31 bits per heavy atom. The third-order valence-corrected chi connectivity index (χ3v) is 5.30. The fraction of sp³-hybridized carbons (Fsp3) is 0.0625. The molecule has 0 aliphatic rings. The van der Waals surface area contributed by atoms with Gasteiger partial charge in [-0.25, -0.2) is 0 Å². The molecule has 0 unspecified atom stereocenters. The molecule has 1 amide bonds. The third kappa shape index (κ3) is 2.98. The molecular weight excluding hydrogens is 384 g/mol. The van der Waals surface area contributed by atoms with Gasteiger partial charge in [-0.2, -0.15) is 0 Å². The van der Waals surface area contributed by atoms with Crippen LogP contribution in [0.25, 0.3) is 10.1 Å². The van der Waals surface area contributed by atoms with Crippen LogP contribution in [0.15, 0.2) is 30.3 Å². The van der Waals surface area contributed by atoms with Crippen LogP contribution in [0, 0.1) is 10.1 Å². The molecule has 3 rings (SSSR count). The summed E-state index contributed by atoms with van der Waals surface area (Å²) in [5.41, 5.74) is -0.222. The highest BCUT2D eigenvalue weighted by Crippen LogP contribution is 2.48. The Morgan fingerprint density at radius 2 is 1.96 bits per heavy atom. The van der Waals surface area contributed by atoms with E-state index in [4.69, 9.17) is 16.3 Å². The second-order valence-corrected chi connectivity index (χ2v) is 6.55. The van der Waals surface area contributed by atoms with Gasteiger partial charge in [-0.1, -0.05) is 11.6 Å². The van der Waals surface area contributed by atoms with Gasteiger partial charge in [0.25, 0.3) is 5.91 Å². The monoisotopic (exact) mass is 394 g/mol. The lowest BCUT2D eigenvalue weighted by molar-refractivity contribution is -0.383. The molecule has 0 bridgehead atoms. The van der Waals surface area contributed by atoms with Crippen LogP contribution in [-0.2, 0) is 0 Å². The molecule has 0 aliphatic heterocycles. The summed E-state index contributed by atoms with van der Waals surface area (Å²) >= 11 is 6.94. The first kappa shape index (κ1) is 17.8. The molecule has 0 aliphatic carbocycles. The minimum Gasteiger partial charge on any atom is -0.504 e. The summed E-state index contributed by atoms with van der Waals surface area (Å²) < 4.78 is 5.03. The molecule has 0 radical (unpaired) electrons. The summed E-state index contributed by atoms with van der Waals surface area (Å²) in [5.74, 6) is -1.52. The van der Waals surface area contributed by atoms with E-state index < -0.39 is 28.0 Å². The third-order valence-electron chi connectivity index (χ3n) is 3.58. The number of nitrogens with one attached hydrogen (secondary N) is 1. The molecule has 0 fully saturated rings. The highest BCUT2D eigenvalue weighted by molar-refractivity contribution is 7.22. The molecule has 10 heteroatoms. The maximum atomic E-state index is 12.5. The number of halogens is 1. The number of fused-ring (bicyclic) bond motifs is 1. The number of ether oxygens (including phenoxy) is 1. The zero-order chi connectivity index (χ0) is 19.0. The number of nitrogens with zero attached hydrogens (tertiary/aromatic N) is 1. The number of thiophene rings is 1. The van der Waals surface area contributed by atoms with Gasteiger partial charge in [-0.15, -0.1) is 11.3 Å². The molecule has 3 aromatic rings. The number of carbonyl (C=O) groups is 1. The highest BCUT2D eigenvalue weighted by Gasteiger charge is 2.28. The number of carbonyl (C=O) groups excluding carboxylic acids is 1. The number of methoxy groups -OCH3 is 1. The Balaban J connectivity index is 2.04. The SMILES string of the molecule is COc1ccc(NC(=O)c2sc3c([N+](=O)[O-])c(O)c(O)cc3c2Cl)cc1.